The van der Waals surface area contributed by atoms with E-state index < -0.39 is 163 Å². The molecule has 21 nitrogen and oxygen atoms in total. The highest BCUT2D eigenvalue weighted by Gasteiger charge is 2.73. The van der Waals surface area contributed by atoms with E-state index in [1.807, 2.05) is 34.6 Å². The van der Waals surface area contributed by atoms with Crippen LogP contribution in [0.1, 0.15) is 121 Å². The molecule has 0 radical (unpaired) electrons. The second-order valence-electron chi connectivity index (χ2n) is 25.4. The van der Waals surface area contributed by atoms with Crippen molar-refractivity contribution in [2.75, 3.05) is 13.2 Å². The normalized spacial score (nSPS) is 54.3. The van der Waals surface area contributed by atoms with Crippen LogP contribution in [0.2, 0.25) is 0 Å². The molecule has 8 fully saturated rings. The van der Waals surface area contributed by atoms with Crippen molar-refractivity contribution in [1.82, 2.24) is 0 Å². The summed E-state index contributed by atoms with van der Waals surface area (Å²) in [6.07, 6.45) is -23.4. The zero-order valence-electron chi connectivity index (χ0n) is 44.7. The number of ether oxygens (including phenoxy) is 8. The highest BCUT2D eigenvalue weighted by Crippen LogP contribution is 2.76. The molecule has 4 saturated heterocycles. The maximum Gasteiger partial charge on any atom is 0.187 e. The molecule has 30 unspecified atom stereocenters. The van der Waals surface area contributed by atoms with Gasteiger partial charge < -0.3 is 104 Å². The summed E-state index contributed by atoms with van der Waals surface area (Å²) in [4.78, 5) is 0. The van der Waals surface area contributed by atoms with Crippen molar-refractivity contribution in [2.45, 2.75) is 261 Å². The third-order valence-corrected chi connectivity index (χ3v) is 20.4. The third-order valence-electron chi connectivity index (χ3n) is 20.4. The fraction of sp³-hybridized carbons (Fsp3) is 0.962. The fourth-order valence-electron chi connectivity index (χ4n) is 16.0. The van der Waals surface area contributed by atoms with Crippen molar-refractivity contribution in [3.05, 3.63) is 11.6 Å². The Bertz CT molecular complexity index is 1940. The van der Waals surface area contributed by atoms with Crippen LogP contribution in [0, 0.1) is 45.3 Å². The first kappa shape index (κ1) is 59.0. The molecular weight excluding hydrogens is 973 g/mol. The van der Waals surface area contributed by atoms with Crippen LogP contribution in [0.15, 0.2) is 11.6 Å². The van der Waals surface area contributed by atoms with E-state index in [1.165, 1.54) is 13.8 Å². The van der Waals surface area contributed by atoms with E-state index in [2.05, 4.69) is 26.8 Å². The third kappa shape index (κ3) is 10.1. The highest BCUT2D eigenvalue weighted by molar-refractivity contribution is 5.21. The van der Waals surface area contributed by atoms with Gasteiger partial charge in [0.25, 0.3) is 0 Å². The average Bonchev–Trinajstić information content (AvgIpc) is 3.72. The van der Waals surface area contributed by atoms with E-state index in [0.717, 1.165) is 24.8 Å². The molecule has 0 aromatic rings. The lowest BCUT2D eigenvalue weighted by Gasteiger charge is -2.71. The lowest BCUT2D eigenvalue weighted by Crippen LogP contribution is -2.69. The summed E-state index contributed by atoms with van der Waals surface area (Å²) in [5, 5.41) is 144. The molecular formula is C53H90O21. The standard InChI is InChI=1S/C53H90O21/c1-22(2)12-11-15-53(10,74-47-42(66)39(63)36(60)29(71-47)21-68-45-40(64)37(61)33(57)23(3)69-45)25-13-16-52(9)32(25)26(54)18-31-50(7)19-27(55)44(49(5,6)30(50)14-17-51(31,52)8)73-48-43(35(59)28(56)20-67-48)72-46-41(65)38(62)34(58)24(4)70-46/h12,23-48,54-66H,11,13-21H2,1-10H3. The minimum Gasteiger partial charge on any atom is -0.393 e. The Kier molecular flexibility index (Phi) is 17.4. The van der Waals surface area contributed by atoms with Crippen LogP contribution < -0.4 is 0 Å². The van der Waals surface area contributed by atoms with Gasteiger partial charge in [0, 0.05) is 0 Å². The highest BCUT2D eigenvalue weighted by atomic mass is 16.8. The van der Waals surface area contributed by atoms with Crippen molar-refractivity contribution < 1.29 is 104 Å². The van der Waals surface area contributed by atoms with E-state index in [-0.39, 0.29) is 35.7 Å². The Hall–Kier alpha value is -1.10. The lowest BCUT2D eigenvalue weighted by atomic mass is 9.35. The van der Waals surface area contributed by atoms with Gasteiger partial charge in [0.05, 0.1) is 49.3 Å². The molecule has 0 aromatic carbocycles. The smallest absolute Gasteiger partial charge is 0.187 e. The van der Waals surface area contributed by atoms with Gasteiger partial charge in [0.2, 0.25) is 0 Å². The Morgan fingerprint density at radius 3 is 1.82 bits per heavy atom. The van der Waals surface area contributed by atoms with Gasteiger partial charge in [-0.05, 0) is 131 Å². The minimum atomic E-state index is -1.72. The van der Waals surface area contributed by atoms with E-state index in [1.54, 1.807) is 0 Å². The van der Waals surface area contributed by atoms with Gasteiger partial charge in [0.15, 0.2) is 25.2 Å². The average molecular weight is 1060 g/mol. The molecule has 8 aliphatic rings. The first-order valence-corrected chi connectivity index (χ1v) is 27.1. The molecule has 0 spiro atoms. The van der Waals surface area contributed by atoms with Crippen LogP contribution in [0.5, 0.6) is 0 Å². The van der Waals surface area contributed by atoms with E-state index in [9.17, 15) is 66.4 Å². The van der Waals surface area contributed by atoms with Crippen molar-refractivity contribution in [3.8, 4) is 0 Å². The second-order valence-corrected chi connectivity index (χ2v) is 25.4. The van der Waals surface area contributed by atoms with Crippen LogP contribution in [0.25, 0.3) is 0 Å². The van der Waals surface area contributed by atoms with Crippen LogP contribution in [-0.4, -0.2) is 220 Å². The van der Waals surface area contributed by atoms with Gasteiger partial charge in [-0.1, -0.05) is 46.3 Å². The quantitative estimate of drug-likeness (QED) is 0.0814. The zero-order chi connectivity index (χ0) is 54.5. The summed E-state index contributed by atoms with van der Waals surface area (Å²) < 4.78 is 48.9. The van der Waals surface area contributed by atoms with Crippen LogP contribution >= 0.6 is 0 Å². The molecule has 4 aliphatic carbocycles. The molecule has 4 heterocycles. The monoisotopic (exact) mass is 1060 g/mol. The number of aliphatic hydroxyl groups is 13. The fourth-order valence-corrected chi connectivity index (χ4v) is 16.0. The van der Waals surface area contributed by atoms with Gasteiger partial charge in [-0.25, -0.2) is 0 Å². The second kappa shape index (κ2) is 21.8. The SMILES string of the molecule is CC(C)=CCCC(C)(OC1OC(COC2OC(C)C(O)C(O)C2O)C(O)C(O)C1O)C1CCC2(C)C1C(O)CC1C3(C)CC(O)C(OC4OCC(O)C(O)C4OC4OC(C)C(O)C(O)C4O)C(C)(C)C3CCC12C. The van der Waals surface area contributed by atoms with Crippen LogP contribution in [0.3, 0.4) is 0 Å². The lowest BCUT2D eigenvalue weighted by molar-refractivity contribution is -0.370. The van der Waals surface area contributed by atoms with Gasteiger partial charge in [-0.3, -0.25) is 0 Å². The molecule has 13 N–H and O–H groups in total. The van der Waals surface area contributed by atoms with Crippen LogP contribution in [0.4, 0.5) is 0 Å². The van der Waals surface area contributed by atoms with E-state index in [4.69, 9.17) is 37.9 Å². The zero-order valence-corrected chi connectivity index (χ0v) is 44.7. The number of hydrogen-bond donors (Lipinski definition) is 13. The summed E-state index contributed by atoms with van der Waals surface area (Å²) in [7, 11) is 0. The number of hydrogen-bond acceptors (Lipinski definition) is 21. The van der Waals surface area contributed by atoms with Gasteiger partial charge in [0.1, 0.15) is 79.4 Å². The summed E-state index contributed by atoms with van der Waals surface area (Å²) in [5.74, 6) is -0.666. The summed E-state index contributed by atoms with van der Waals surface area (Å²) >= 11 is 0. The molecule has 4 saturated carbocycles. The topological polar surface area (TPSA) is 337 Å². The summed E-state index contributed by atoms with van der Waals surface area (Å²) in [6, 6.07) is 0. The Labute approximate surface area is 434 Å². The molecule has 0 aromatic heterocycles. The van der Waals surface area contributed by atoms with E-state index >= 15 is 0 Å². The molecule has 0 amide bonds. The number of allylic oxidation sites excluding steroid dienone is 2. The molecule has 0 bridgehead atoms. The number of aliphatic hydroxyl groups excluding tert-OH is 13. The van der Waals surface area contributed by atoms with Crippen molar-refractivity contribution in [1.29, 1.82) is 0 Å². The first-order chi connectivity index (χ1) is 34.4. The molecule has 74 heavy (non-hydrogen) atoms. The Morgan fingerprint density at radius 2 is 1.19 bits per heavy atom. The van der Waals surface area contributed by atoms with Gasteiger partial charge >= 0.3 is 0 Å². The molecule has 428 valence electrons. The predicted octanol–water partition coefficient (Wildman–Crippen LogP) is -0.537. The van der Waals surface area contributed by atoms with Gasteiger partial charge in [-0.15, -0.1) is 0 Å². The summed E-state index contributed by atoms with van der Waals surface area (Å²) in [5.41, 5.74) is -2.00. The number of rotatable bonds is 13. The van der Waals surface area contributed by atoms with Crippen LogP contribution in [-0.2, 0) is 37.9 Å². The minimum absolute atomic E-state index is 0.0419. The maximum atomic E-state index is 12.8. The predicted molar refractivity (Wildman–Crippen MR) is 259 cm³/mol. The molecule has 8 rings (SSSR count). The van der Waals surface area contributed by atoms with Crippen molar-refractivity contribution in [2.24, 2.45) is 45.3 Å². The van der Waals surface area contributed by atoms with Crippen molar-refractivity contribution in [3.63, 3.8) is 0 Å². The van der Waals surface area contributed by atoms with E-state index in [0.29, 0.717) is 32.1 Å². The Morgan fingerprint density at radius 1 is 0.608 bits per heavy atom. The van der Waals surface area contributed by atoms with Crippen molar-refractivity contribution >= 4 is 0 Å². The molecule has 4 aliphatic heterocycles. The molecule has 21 heteroatoms. The number of fused-ring (bicyclic) bond motifs is 5. The largest absolute Gasteiger partial charge is 0.393 e. The molecule has 30 atom stereocenters. The maximum absolute atomic E-state index is 12.8. The first-order valence-electron chi connectivity index (χ1n) is 27.1. The summed E-state index contributed by atoms with van der Waals surface area (Å²) in [6.45, 7) is 19.1. The van der Waals surface area contributed by atoms with Gasteiger partial charge in [-0.2, -0.15) is 0 Å². The Balaban J connectivity index is 1.01.